The molecule has 2 atom stereocenters. The molecule has 4 aliphatic carbocycles. The summed E-state index contributed by atoms with van der Waals surface area (Å²) in [7, 11) is 0. The first-order valence-corrected chi connectivity index (χ1v) is 4.41. The van der Waals surface area contributed by atoms with Gasteiger partial charge in [-0.25, -0.2) is 0 Å². The maximum absolute atomic E-state index is 3.70. The van der Waals surface area contributed by atoms with Crippen LogP contribution >= 0.6 is 31.9 Å². The Bertz CT molecular complexity index is 197. The van der Waals surface area contributed by atoms with Gasteiger partial charge < -0.3 is 0 Å². The minimum Gasteiger partial charge on any atom is -0.0789 e. The molecular formula is C6H4Br2. The summed E-state index contributed by atoms with van der Waals surface area (Å²) in [5.74, 6) is 2.96. The van der Waals surface area contributed by atoms with Crippen molar-refractivity contribution in [1.29, 1.82) is 0 Å². The normalized spacial score (nSPS) is 71.8. The fourth-order valence-electron chi connectivity index (χ4n) is 2.01. The Morgan fingerprint density at radius 1 is 1.50 bits per heavy atom. The third-order valence-corrected chi connectivity index (χ3v) is 5.58. The van der Waals surface area contributed by atoms with Crippen molar-refractivity contribution in [2.45, 2.75) is 4.32 Å². The molecule has 2 heteroatoms. The lowest BCUT2D eigenvalue weighted by Crippen LogP contribution is -2.05. The lowest BCUT2D eigenvalue weighted by molar-refractivity contribution is 0.740. The van der Waals surface area contributed by atoms with Gasteiger partial charge in [0.1, 0.15) is 0 Å². The molecule has 0 aromatic heterocycles. The molecule has 2 unspecified atom stereocenters. The molecule has 4 aliphatic rings. The molecule has 2 saturated carbocycles. The highest BCUT2D eigenvalue weighted by Gasteiger charge is 2.86. The first-order chi connectivity index (χ1) is 3.76. The van der Waals surface area contributed by atoms with E-state index in [0.717, 1.165) is 17.8 Å². The highest BCUT2D eigenvalue weighted by atomic mass is 79.9. The van der Waals surface area contributed by atoms with E-state index in [9.17, 15) is 0 Å². The van der Waals surface area contributed by atoms with E-state index in [0.29, 0.717) is 4.32 Å². The van der Waals surface area contributed by atoms with E-state index in [1.165, 1.54) is 4.48 Å². The molecule has 42 valence electrons. The van der Waals surface area contributed by atoms with E-state index >= 15 is 0 Å². The van der Waals surface area contributed by atoms with Gasteiger partial charge in [-0.1, -0.05) is 37.9 Å². The van der Waals surface area contributed by atoms with Gasteiger partial charge in [-0.05, 0) is 17.8 Å². The van der Waals surface area contributed by atoms with Gasteiger partial charge in [0.05, 0.1) is 4.32 Å². The molecule has 2 bridgehead atoms. The van der Waals surface area contributed by atoms with Crippen molar-refractivity contribution in [2.75, 3.05) is 0 Å². The van der Waals surface area contributed by atoms with E-state index < -0.39 is 0 Å². The number of rotatable bonds is 0. The molecule has 0 spiro atoms. The summed E-state index contributed by atoms with van der Waals surface area (Å²) in [6.45, 7) is 0. The van der Waals surface area contributed by atoms with Crippen molar-refractivity contribution in [2.24, 2.45) is 17.8 Å². The van der Waals surface area contributed by atoms with Crippen LogP contribution in [-0.4, -0.2) is 4.32 Å². The predicted molar refractivity (Wildman–Crippen MR) is 39.1 cm³/mol. The summed E-state index contributed by atoms with van der Waals surface area (Å²) >= 11 is 7.23. The fourth-order valence-corrected chi connectivity index (χ4v) is 4.02. The SMILES string of the molecule is BrC1=CC2C3C2C13Br. The summed E-state index contributed by atoms with van der Waals surface area (Å²) in [6.07, 6.45) is 2.35. The van der Waals surface area contributed by atoms with Crippen LogP contribution in [0.15, 0.2) is 10.6 Å². The van der Waals surface area contributed by atoms with Gasteiger partial charge >= 0.3 is 0 Å². The van der Waals surface area contributed by atoms with E-state index in [1.54, 1.807) is 0 Å². The zero-order valence-corrected chi connectivity index (χ0v) is 7.24. The van der Waals surface area contributed by atoms with Crippen molar-refractivity contribution in [3.63, 3.8) is 0 Å². The molecule has 0 saturated heterocycles. The molecule has 0 aromatic rings. The summed E-state index contributed by atoms with van der Waals surface area (Å²) in [4.78, 5) is 0. The van der Waals surface area contributed by atoms with Gasteiger partial charge in [0.2, 0.25) is 0 Å². The number of allylic oxidation sites excluding steroid dienone is 2. The van der Waals surface area contributed by atoms with Crippen molar-refractivity contribution in [3.05, 3.63) is 10.6 Å². The zero-order chi connectivity index (χ0) is 5.52. The third kappa shape index (κ3) is 0.231. The van der Waals surface area contributed by atoms with Crippen LogP contribution in [0.1, 0.15) is 0 Å². The molecule has 0 aliphatic heterocycles. The molecule has 0 radical (unpaired) electrons. The average Bonchev–Trinajstić information content (AvgIpc) is 2.50. The van der Waals surface area contributed by atoms with Gasteiger partial charge in [-0.2, -0.15) is 0 Å². The third-order valence-electron chi connectivity index (χ3n) is 2.64. The standard InChI is InChI=1S/C6H4Br2/c7-3-1-2-4-5(2)6(3,4)8/h1-2,4-5H. The van der Waals surface area contributed by atoms with Crippen molar-refractivity contribution in [1.82, 2.24) is 0 Å². The molecule has 4 rings (SSSR count). The highest BCUT2D eigenvalue weighted by Crippen LogP contribution is 2.87. The first-order valence-electron chi connectivity index (χ1n) is 2.83. The Balaban J connectivity index is 2.21. The minimum atomic E-state index is 0.470. The number of alkyl halides is 1. The smallest absolute Gasteiger partial charge is 0.0642 e. The van der Waals surface area contributed by atoms with Gasteiger partial charge in [0, 0.05) is 4.48 Å². The largest absolute Gasteiger partial charge is 0.0789 e. The van der Waals surface area contributed by atoms with Gasteiger partial charge in [-0.15, -0.1) is 0 Å². The Kier molecular flexibility index (Phi) is 0.502. The van der Waals surface area contributed by atoms with Gasteiger partial charge in [0.15, 0.2) is 0 Å². The maximum atomic E-state index is 3.70. The second-order valence-electron chi connectivity index (χ2n) is 2.91. The van der Waals surface area contributed by atoms with E-state index in [1.807, 2.05) is 0 Å². The molecule has 0 nitrogen and oxygen atoms in total. The fraction of sp³-hybridized carbons (Fsp3) is 0.667. The first kappa shape index (κ1) is 4.51. The van der Waals surface area contributed by atoms with E-state index in [2.05, 4.69) is 37.9 Å². The van der Waals surface area contributed by atoms with Gasteiger partial charge in [0.25, 0.3) is 0 Å². The second-order valence-corrected chi connectivity index (χ2v) is 5.08. The zero-order valence-electron chi connectivity index (χ0n) is 4.07. The molecule has 8 heavy (non-hydrogen) atoms. The molecule has 0 amide bonds. The van der Waals surface area contributed by atoms with Crippen molar-refractivity contribution < 1.29 is 0 Å². The Labute approximate surface area is 64.6 Å². The Hall–Kier alpha value is 0.700. The van der Waals surface area contributed by atoms with Crippen LogP contribution in [0.2, 0.25) is 0 Å². The monoisotopic (exact) mass is 234 g/mol. The topological polar surface area (TPSA) is 0 Å². The van der Waals surface area contributed by atoms with Crippen LogP contribution in [0.5, 0.6) is 0 Å². The Morgan fingerprint density at radius 2 is 2.12 bits per heavy atom. The highest BCUT2D eigenvalue weighted by molar-refractivity contribution is 9.14. The average molecular weight is 236 g/mol. The van der Waals surface area contributed by atoms with Crippen LogP contribution in [0.4, 0.5) is 0 Å². The van der Waals surface area contributed by atoms with E-state index in [4.69, 9.17) is 0 Å². The van der Waals surface area contributed by atoms with Crippen molar-refractivity contribution >= 4 is 31.9 Å². The quantitative estimate of drug-likeness (QED) is 0.566. The summed E-state index contributed by atoms with van der Waals surface area (Å²) in [5.41, 5.74) is 0. The lowest BCUT2D eigenvalue weighted by Gasteiger charge is -2.05. The van der Waals surface area contributed by atoms with Crippen LogP contribution in [0.3, 0.4) is 0 Å². The number of halogens is 2. The molecule has 0 N–H and O–H groups in total. The predicted octanol–water partition coefficient (Wildman–Crippen LogP) is 2.29. The molecule has 2 fully saturated rings. The summed E-state index contributed by atoms with van der Waals surface area (Å²) in [6, 6.07) is 0. The van der Waals surface area contributed by atoms with Crippen LogP contribution in [-0.2, 0) is 0 Å². The summed E-state index contributed by atoms with van der Waals surface area (Å²) < 4.78 is 1.88. The molecular weight excluding hydrogens is 232 g/mol. The number of hydrogen-bond donors (Lipinski definition) is 0. The minimum absolute atomic E-state index is 0.470. The number of hydrogen-bond acceptors (Lipinski definition) is 0. The van der Waals surface area contributed by atoms with Crippen molar-refractivity contribution in [3.8, 4) is 0 Å². The van der Waals surface area contributed by atoms with E-state index in [-0.39, 0.29) is 0 Å². The second kappa shape index (κ2) is 0.891. The van der Waals surface area contributed by atoms with Crippen LogP contribution in [0.25, 0.3) is 0 Å². The summed E-state index contributed by atoms with van der Waals surface area (Å²) in [5, 5.41) is 0. The maximum Gasteiger partial charge on any atom is 0.0642 e. The van der Waals surface area contributed by atoms with Crippen LogP contribution in [0, 0.1) is 17.8 Å². The lowest BCUT2D eigenvalue weighted by atomic mass is 10.2. The Morgan fingerprint density at radius 3 is 2.25 bits per heavy atom. The van der Waals surface area contributed by atoms with Gasteiger partial charge in [-0.3, -0.25) is 0 Å². The molecule has 0 aromatic carbocycles. The molecule has 0 heterocycles. The van der Waals surface area contributed by atoms with Crippen LogP contribution < -0.4 is 0 Å².